The molecule has 0 N–H and O–H groups in total. The number of aromatic nitrogens is 2. The van der Waals surface area contributed by atoms with Crippen molar-refractivity contribution in [3.8, 4) is 11.6 Å². The average Bonchev–Trinajstić information content (AvgIpc) is 2.34. The number of rotatable bonds is 2. The number of halogens is 4. The monoisotopic (exact) mass is 288 g/mol. The molecule has 1 aromatic heterocycles. The lowest BCUT2D eigenvalue weighted by atomic mass is 10.2. The van der Waals surface area contributed by atoms with Gasteiger partial charge in [-0.15, -0.1) is 0 Å². The van der Waals surface area contributed by atoms with Crippen molar-refractivity contribution >= 4 is 11.6 Å². The second-order valence-corrected chi connectivity index (χ2v) is 4.08. The van der Waals surface area contributed by atoms with Gasteiger partial charge in [-0.1, -0.05) is 17.7 Å². The molecule has 0 aliphatic rings. The van der Waals surface area contributed by atoms with Crippen molar-refractivity contribution in [2.75, 3.05) is 0 Å². The Morgan fingerprint density at radius 1 is 1.21 bits per heavy atom. The first-order valence-electron chi connectivity index (χ1n) is 5.20. The van der Waals surface area contributed by atoms with Gasteiger partial charge in [0.05, 0.1) is 5.56 Å². The summed E-state index contributed by atoms with van der Waals surface area (Å²) in [6.07, 6.45) is -3.24. The molecule has 100 valence electrons. The Morgan fingerprint density at radius 3 is 2.63 bits per heavy atom. The molecule has 2 rings (SSSR count). The minimum absolute atomic E-state index is 0.0349. The van der Waals surface area contributed by atoms with E-state index in [9.17, 15) is 13.2 Å². The summed E-state index contributed by atoms with van der Waals surface area (Å²) < 4.78 is 42.9. The van der Waals surface area contributed by atoms with Gasteiger partial charge in [-0.2, -0.15) is 13.2 Å². The van der Waals surface area contributed by atoms with Crippen molar-refractivity contribution in [3.05, 3.63) is 46.9 Å². The quantitative estimate of drug-likeness (QED) is 0.775. The molecule has 0 saturated heterocycles. The van der Waals surface area contributed by atoms with Crippen LogP contribution in [0.4, 0.5) is 13.2 Å². The normalized spacial score (nSPS) is 11.4. The summed E-state index contributed by atoms with van der Waals surface area (Å²) in [5.41, 5.74) is -0.329. The SMILES string of the molecule is Cc1c(Cl)ncnc1Oc1cccc(C(F)(F)F)c1. The van der Waals surface area contributed by atoms with Crippen molar-refractivity contribution < 1.29 is 17.9 Å². The first-order chi connectivity index (χ1) is 8.88. The summed E-state index contributed by atoms with van der Waals surface area (Å²) in [5, 5.41) is 0.192. The Kier molecular flexibility index (Phi) is 3.61. The van der Waals surface area contributed by atoms with Gasteiger partial charge in [0.25, 0.3) is 0 Å². The van der Waals surface area contributed by atoms with E-state index >= 15 is 0 Å². The maximum Gasteiger partial charge on any atom is 0.416 e. The van der Waals surface area contributed by atoms with E-state index in [1.54, 1.807) is 6.92 Å². The maximum absolute atomic E-state index is 12.5. The fourth-order valence-electron chi connectivity index (χ4n) is 1.36. The van der Waals surface area contributed by atoms with Crippen molar-refractivity contribution in [1.29, 1.82) is 0 Å². The lowest BCUT2D eigenvalue weighted by molar-refractivity contribution is -0.137. The van der Waals surface area contributed by atoms with Crippen LogP contribution < -0.4 is 4.74 Å². The molecular weight excluding hydrogens is 281 g/mol. The molecule has 7 heteroatoms. The third-order valence-electron chi connectivity index (χ3n) is 2.35. The zero-order valence-corrected chi connectivity index (χ0v) is 10.5. The van der Waals surface area contributed by atoms with Gasteiger partial charge in [0, 0.05) is 5.56 Å². The molecule has 0 bridgehead atoms. The summed E-state index contributed by atoms with van der Waals surface area (Å²) in [6, 6.07) is 4.53. The molecular formula is C12H8ClF3N2O. The van der Waals surface area contributed by atoms with Crippen molar-refractivity contribution in [1.82, 2.24) is 9.97 Å². The van der Waals surface area contributed by atoms with E-state index in [0.717, 1.165) is 12.1 Å². The summed E-state index contributed by atoms with van der Waals surface area (Å²) in [4.78, 5) is 7.56. The lowest BCUT2D eigenvalue weighted by Gasteiger charge is -2.10. The highest BCUT2D eigenvalue weighted by molar-refractivity contribution is 6.30. The molecule has 0 spiro atoms. The number of hydrogen-bond donors (Lipinski definition) is 0. The summed E-state index contributed by atoms with van der Waals surface area (Å²) in [6.45, 7) is 1.62. The molecule has 19 heavy (non-hydrogen) atoms. The van der Waals surface area contributed by atoms with Crippen LogP contribution in [0.5, 0.6) is 11.6 Å². The molecule has 0 aliphatic carbocycles. The van der Waals surface area contributed by atoms with Gasteiger partial charge in [0.2, 0.25) is 5.88 Å². The van der Waals surface area contributed by atoms with Gasteiger partial charge in [-0.3, -0.25) is 0 Å². The van der Waals surface area contributed by atoms with Crippen LogP contribution in [0.15, 0.2) is 30.6 Å². The second-order valence-electron chi connectivity index (χ2n) is 3.72. The highest BCUT2D eigenvalue weighted by atomic mass is 35.5. The Morgan fingerprint density at radius 2 is 1.95 bits per heavy atom. The summed E-state index contributed by atoms with van der Waals surface area (Å²) >= 11 is 5.77. The van der Waals surface area contributed by atoms with Crippen molar-refractivity contribution in [2.24, 2.45) is 0 Å². The number of ether oxygens (including phenoxy) is 1. The molecule has 0 fully saturated rings. The lowest BCUT2D eigenvalue weighted by Crippen LogP contribution is -2.04. The number of nitrogens with zero attached hydrogens (tertiary/aromatic N) is 2. The van der Waals surface area contributed by atoms with Crippen LogP contribution in [0.1, 0.15) is 11.1 Å². The Bertz CT molecular complexity index is 602. The van der Waals surface area contributed by atoms with Crippen molar-refractivity contribution in [3.63, 3.8) is 0 Å². The fraction of sp³-hybridized carbons (Fsp3) is 0.167. The van der Waals surface area contributed by atoms with Gasteiger partial charge in [-0.05, 0) is 25.1 Å². The van der Waals surface area contributed by atoms with Crippen LogP contribution in [-0.2, 0) is 6.18 Å². The number of hydrogen-bond acceptors (Lipinski definition) is 3. The van der Waals surface area contributed by atoms with E-state index in [4.69, 9.17) is 16.3 Å². The van der Waals surface area contributed by atoms with E-state index in [-0.39, 0.29) is 16.8 Å². The van der Waals surface area contributed by atoms with E-state index in [2.05, 4.69) is 9.97 Å². The van der Waals surface area contributed by atoms with E-state index < -0.39 is 11.7 Å². The highest BCUT2D eigenvalue weighted by Gasteiger charge is 2.30. The zero-order valence-electron chi connectivity index (χ0n) is 9.70. The average molecular weight is 289 g/mol. The Balaban J connectivity index is 2.31. The van der Waals surface area contributed by atoms with Gasteiger partial charge < -0.3 is 4.74 Å². The first-order valence-corrected chi connectivity index (χ1v) is 5.58. The molecule has 0 atom stereocenters. The first kappa shape index (κ1) is 13.6. The van der Waals surface area contributed by atoms with E-state index in [1.807, 2.05) is 0 Å². The maximum atomic E-state index is 12.5. The summed E-state index contributed by atoms with van der Waals surface area (Å²) in [7, 11) is 0. The second kappa shape index (κ2) is 5.05. The van der Waals surface area contributed by atoms with Gasteiger partial charge in [0.1, 0.15) is 17.2 Å². The predicted molar refractivity (Wildman–Crippen MR) is 63.3 cm³/mol. The van der Waals surface area contributed by atoms with Gasteiger partial charge >= 0.3 is 6.18 Å². The molecule has 3 nitrogen and oxygen atoms in total. The highest BCUT2D eigenvalue weighted by Crippen LogP contribution is 2.33. The molecule has 0 saturated carbocycles. The molecule has 1 heterocycles. The smallest absolute Gasteiger partial charge is 0.416 e. The van der Waals surface area contributed by atoms with Crippen LogP contribution in [0, 0.1) is 6.92 Å². The number of alkyl halides is 3. The molecule has 2 aromatic rings. The van der Waals surface area contributed by atoms with E-state index in [1.165, 1.54) is 18.5 Å². The van der Waals surface area contributed by atoms with Crippen molar-refractivity contribution in [2.45, 2.75) is 13.1 Å². The van der Waals surface area contributed by atoms with Gasteiger partial charge in [-0.25, -0.2) is 9.97 Å². The van der Waals surface area contributed by atoms with Crippen LogP contribution in [-0.4, -0.2) is 9.97 Å². The van der Waals surface area contributed by atoms with Crippen LogP contribution >= 0.6 is 11.6 Å². The zero-order chi connectivity index (χ0) is 14.0. The standard InChI is InChI=1S/C12H8ClF3N2O/c1-7-10(13)17-6-18-11(7)19-9-4-2-3-8(5-9)12(14,15)16/h2-6H,1H3. The van der Waals surface area contributed by atoms with Gasteiger partial charge in [0.15, 0.2) is 0 Å². The molecule has 0 amide bonds. The van der Waals surface area contributed by atoms with Crippen LogP contribution in [0.25, 0.3) is 0 Å². The minimum Gasteiger partial charge on any atom is -0.439 e. The third-order valence-corrected chi connectivity index (χ3v) is 2.73. The summed E-state index contributed by atoms with van der Waals surface area (Å²) in [5.74, 6) is 0.159. The number of benzene rings is 1. The Hall–Kier alpha value is -1.82. The molecule has 0 unspecified atom stereocenters. The van der Waals surface area contributed by atoms with Crippen LogP contribution in [0.2, 0.25) is 5.15 Å². The molecule has 0 aliphatic heterocycles. The fourth-order valence-corrected chi connectivity index (χ4v) is 1.49. The Labute approximate surface area is 112 Å². The minimum atomic E-state index is -4.42. The topological polar surface area (TPSA) is 35.0 Å². The molecule has 0 radical (unpaired) electrons. The molecule has 1 aromatic carbocycles. The van der Waals surface area contributed by atoms with E-state index in [0.29, 0.717) is 5.56 Å². The van der Waals surface area contributed by atoms with Crippen LogP contribution in [0.3, 0.4) is 0 Å². The predicted octanol–water partition coefficient (Wildman–Crippen LogP) is 4.25. The largest absolute Gasteiger partial charge is 0.439 e. The third kappa shape index (κ3) is 3.14.